The first-order chi connectivity index (χ1) is 8.52. The minimum atomic E-state index is -0.0609. The molecular formula is C14H22N2O2. The zero-order valence-electron chi connectivity index (χ0n) is 11.3. The average molecular weight is 250 g/mol. The molecule has 18 heavy (non-hydrogen) atoms. The Morgan fingerprint density at radius 1 is 1.33 bits per heavy atom. The number of nitrogens with zero attached hydrogens (tertiary/aromatic N) is 1. The predicted molar refractivity (Wildman–Crippen MR) is 73.6 cm³/mol. The van der Waals surface area contributed by atoms with E-state index in [0.29, 0.717) is 6.04 Å². The Hall–Kier alpha value is -1.39. The van der Waals surface area contributed by atoms with Gasteiger partial charge in [0, 0.05) is 25.3 Å². The molecule has 0 saturated heterocycles. The Labute approximate surface area is 109 Å². The number of rotatable bonds is 6. The van der Waals surface area contributed by atoms with Crippen LogP contribution >= 0.6 is 0 Å². The van der Waals surface area contributed by atoms with E-state index in [2.05, 4.69) is 10.2 Å². The van der Waals surface area contributed by atoms with Crippen LogP contribution in [-0.2, 0) is 11.2 Å². The molecule has 0 aliphatic carbocycles. The highest BCUT2D eigenvalue weighted by Gasteiger charge is 2.11. The van der Waals surface area contributed by atoms with Gasteiger partial charge in [-0.05, 0) is 44.6 Å². The quantitative estimate of drug-likeness (QED) is 0.804. The lowest BCUT2D eigenvalue weighted by molar-refractivity contribution is -0.114. The van der Waals surface area contributed by atoms with Crippen LogP contribution in [0, 0.1) is 0 Å². The molecule has 100 valence electrons. The molecule has 0 saturated carbocycles. The van der Waals surface area contributed by atoms with Crippen LogP contribution in [0.1, 0.15) is 18.9 Å². The number of nitrogens with one attached hydrogen (secondary N) is 1. The lowest BCUT2D eigenvalue weighted by atomic mass is 10.0. The number of aliphatic hydroxyl groups is 1. The van der Waals surface area contributed by atoms with Crippen LogP contribution in [0.15, 0.2) is 24.3 Å². The van der Waals surface area contributed by atoms with E-state index in [1.165, 1.54) is 12.5 Å². The summed E-state index contributed by atoms with van der Waals surface area (Å²) in [5, 5.41) is 11.8. The van der Waals surface area contributed by atoms with E-state index in [0.717, 1.165) is 18.5 Å². The van der Waals surface area contributed by atoms with Crippen molar-refractivity contribution < 1.29 is 9.90 Å². The number of hydrogen-bond acceptors (Lipinski definition) is 3. The Balaban J connectivity index is 2.64. The molecule has 0 aromatic heterocycles. The second kappa shape index (κ2) is 7.13. The molecule has 0 bridgehead atoms. The number of hydrogen-bond donors (Lipinski definition) is 2. The fourth-order valence-corrected chi connectivity index (χ4v) is 1.89. The van der Waals surface area contributed by atoms with Crippen molar-refractivity contribution in [3.8, 4) is 0 Å². The largest absolute Gasteiger partial charge is 0.396 e. The second-order valence-corrected chi connectivity index (χ2v) is 4.71. The third kappa shape index (κ3) is 4.85. The van der Waals surface area contributed by atoms with Crippen LogP contribution in [0.3, 0.4) is 0 Å². The second-order valence-electron chi connectivity index (χ2n) is 4.71. The van der Waals surface area contributed by atoms with Gasteiger partial charge in [0.15, 0.2) is 0 Å². The SMILES string of the molecule is CC(=O)Nc1ccc(CC(CCO)N(C)C)cc1. The van der Waals surface area contributed by atoms with Crippen LogP contribution in [0.25, 0.3) is 0 Å². The highest BCUT2D eigenvalue weighted by molar-refractivity contribution is 5.88. The van der Waals surface area contributed by atoms with E-state index < -0.39 is 0 Å². The van der Waals surface area contributed by atoms with E-state index in [1.807, 2.05) is 38.4 Å². The van der Waals surface area contributed by atoms with Crippen LogP contribution < -0.4 is 5.32 Å². The summed E-state index contributed by atoms with van der Waals surface area (Å²) in [6.07, 6.45) is 1.66. The number of benzene rings is 1. The fourth-order valence-electron chi connectivity index (χ4n) is 1.89. The molecule has 1 unspecified atom stereocenters. The van der Waals surface area contributed by atoms with Gasteiger partial charge in [-0.3, -0.25) is 4.79 Å². The van der Waals surface area contributed by atoms with Crippen molar-refractivity contribution in [3.63, 3.8) is 0 Å². The topological polar surface area (TPSA) is 52.6 Å². The van der Waals surface area contributed by atoms with E-state index in [-0.39, 0.29) is 12.5 Å². The van der Waals surface area contributed by atoms with Crippen LogP contribution in [0.5, 0.6) is 0 Å². The van der Waals surface area contributed by atoms with Gasteiger partial charge >= 0.3 is 0 Å². The highest BCUT2D eigenvalue weighted by Crippen LogP contribution is 2.13. The van der Waals surface area contributed by atoms with Crippen LogP contribution in [-0.4, -0.2) is 42.7 Å². The van der Waals surface area contributed by atoms with Crippen LogP contribution in [0.2, 0.25) is 0 Å². The van der Waals surface area contributed by atoms with Crippen molar-refractivity contribution in [2.45, 2.75) is 25.8 Å². The zero-order chi connectivity index (χ0) is 13.5. The lowest BCUT2D eigenvalue weighted by Crippen LogP contribution is -2.30. The molecule has 0 heterocycles. The lowest BCUT2D eigenvalue weighted by Gasteiger charge is -2.23. The summed E-state index contributed by atoms with van der Waals surface area (Å²) >= 11 is 0. The molecule has 1 rings (SSSR count). The van der Waals surface area contributed by atoms with Gasteiger partial charge in [-0.2, -0.15) is 0 Å². The number of likely N-dealkylation sites (N-methyl/N-ethyl adjacent to an activating group) is 1. The van der Waals surface area contributed by atoms with E-state index in [4.69, 9.17) is 5.11 Å². The molecule has 4 nitrogen and oxygen atoms in total. The Morgan fingerprint density at radius 3 is 2.39 bits per heavy atom. The first-order valence-corrected chi connectivity index (χ1v) is 6.16. The van der Waals surface area contributed by atoms with E-state index in [1.54, 1.807) is 0 Å². The van der Waals surface area contributed by atoms with Crippen molar-refractivity contribution in [1.82, 2.24) is 4.90 Å². The summed E-state index contributed by atoms with van der Waals surface area (Å²) in [7, 11) is 4.04. The molecule has 2 N–H and O–H groups in total. The molecule has 0 spiro atoms. The van der Waals surface area contributed by atoms with Crippen LogP contribution in [0.4, 0.5) is 5.69 Å². The summed E-state index contributed by atoms with van der Waals surface area (Å²) in [5.74, 6) is -0.0609. The average Bonchev–Trinajstić information content (AvgIpc) is 2.30. The van der Waals surface area contributed by atoms with Gasteiger partial charge in [0.25, 0.3) is 0 Å². The number of aliphatic hydroxyl groups excluding tert-OH is 1. The van der Waals surface area contributed by atoms with Crippen molar-refractivity contribution >= 4 is 11.6 Å². The normalized spacial score (nSPS) is 12.5. The smallest absolute Gasteiger partial charge is 0.221 e. The number of anilines is 1. The first-order valence-electron chi connectivity index (χ1n) is 6.16. The van der Waals surface area contributed by atoms with Gasteiger partial charge in [-0.25, -0.2) is 0 Å². The molecule has 1 amide bonds. The molecule has 1 atom stereocenters. The third-order valence-electron chi connectivity index (χ3n) is 2.94. The minimum Gasteiger partial charge on any atom is -0.396 e. The molecule has 0 aliphatic rings. The summed E-state index contributed by atoms with van der Waals surface area (Å²) in [6.45, 7) is 1.70. The molecule has 0 fully saturated rings. The Bertz CT molecular complexity index is 374. The van der Waals surface area contributed by atoms with E-state index in [9.17, 15) is 4.79 Å². The minimum absolute atomic E-state index is 0.0609. The van der Waals surface area contributed by atoms with Gasteiger partial charge in [0.1, 0.15) is 0 Å². The van der Waals surface area contributed by atoms with Gasteiger partial charge in [0.05, 0.1) is 0 Å². The highest BCUT2D eigenvalue weighted by atomic mass is 16.3. The maximum Gasteiger partial charge on any atom is 0.221 e. The predicted octanol–water partition coefficient (Wildman–Crippen LogP) is 1.50. The molecule has 0 aliphatic heterocycles. The maximum absolute atomic E-state index is 10.9. The van der Waals surface area contributed by atoms with Gasteiger partial charge in [0.2, 0.25) is 5.91 Å². The number of carbonyl (C=O) groups is 1. The van der Waals surface area contributed by atoms with Crippen molar-refractivity contribution in [3.05, 3.63) is 29.8 Å². The van der Waals surface area contributed by atoms with Crippen molar-refractivity contribution in [2.24, 2.45) is 0 Å². The number of carbonyl (C=O) groups excluding carboxylic acids is 1. The summed E-state index contributed by atoms with van der Waals surface area (Å²) < 4.78 is 0. The van der Waals surface area contributed by atoms with Crippen molar-refractivity contribution in [1.29, 1.82) is 0 Å². The Kier molecular flexibility index (Phi) is 5.82. The molecular weight excluding hydrogens is 228 g/mol. The van der Waals surface area contributed by atoms with Gasteiger partial charge in [-0.1, -0.05) is 12.1 Å². The third-order valence-corrected chi connectivity index (χ3v) is 2.94. The molecule has 0 radical (unpaired) electrons. The molecule has 1 aromatic rings. The van der Waals surface area contributed by atoms with Gasteiger partial charge in [-0.15, -0.1) is 0 Å². The summed E-state index contributed by atoms with van der Waals surface area (Å²) in [5.41, 5.74) is 2.02. The maximum atomic E-state index is 10.9. The summed E-state index contributed by atoms with van der Waals surface area (Å²) in [6, 6.07) is 8.17. The first kappa shape index (κ1) is 14.7. The standard InChI is InChI=1S/C14H22N2O2/c1-11(18)15-13-6-4-12(5-7-13)10-14(8-9-17)16(2)3/h4-7,14,17H,8-10H2,1-3H3,(H,15,18). The molecule has 4 heteroatoms. The molecule has 1 aromatic carbocycles. The monoisotopic (exact) mass is 250 g/mol. The van der Waals surface area contributed by atoms with Crippen molar-refractivity contribution in [2.75, 3.05) is 26.0 Å². The van der Waals surface area contributed by atoms with Gasteiger partial charge < -0.3 is 15.3 Å². The van der Waals surface area contributed by atoms with E-state index >= 15 is 0 Å². The summed E-state index contributed by atoms with van der Waals surface area (Å²) in [4.78, 5) is 13.0. The fraction of sp³-hybridized carbons (Fsp3) is 0.500. The zero-order valence-corrected chi connectivity index (χ0v) is 11.3. The number of amides is 1. The Morgan fingerprint density at radius 2 is 1.94 bits per heavy atom.